The van der Waals surface area contributed by atoms with Crippen LogP contribution in [0, 0.1) is 12.7 Å². The Morgan fingerprint density at radius 2 is 1.96 bits per heavy atom. The number of hydrogen-bond acceptors (Lipinski definition) is 3. The molecule has 1 aromatic heterocycles. The lowest BCUT2D eigenvalue weighted by Gasteiger charge is -2.16. The number of methoxy groups -OCH3 is 1. The molecule has 6 nitrogen and oxygen atoms in total. The Bertz CT molecular complexity index is 937. The summed E-state index contributed by atoms with van der Waals surface area (Å²) in [6.07, 6.45) is 3.60. The molecule has 0 aliphatic carbocycles. The van der Waals surface area contributed by atoms with Gasteiger partial charge in [0.25, 0.3) is 0 Å². The zero-order chi connectivity index (χ0) is 19.4. The molecule has 0 aliphatic rings. The van der Waals surface area contributed by atoms with Gasteiger partial charge in [-0.3, -0.25) is 0 Å². The van der Waals surface area contributed by atoms with E-state index in [1.54, 1.807) is 37.7 Å². The van der Waals surface area contributed by atoms with E-state index in [-0.39, 0.29) is 17.9 Å². The minimum atomic E-state index is -0.361. The van der Waals surface area contributed by atoms with E-state index in [4.69, 9.17) is 4.74 Å². The van der Waals surface area contributed by atoms with Gasteiger partial charge in [0.05, 0.1) is 30.9 Å². The van der Waals surface area contributed by atoms with E-state index in [1.807, 2.05) is 30.7 Å². The summed E-state index contributed by atoms with van der Waals surface area (Å²) in [5.41, 5.74) is 3.13. The zero-order valence-electron chi connectivity index (χ0n) is 15.4. The quantitative estimate of drug-likeness (QED) is 0.709. The minimum Gasteiger partial charge on any atom is -0.494 e. The number of hydrogen-bond donors (Lipinski definition) is 2. The first kappa shape index (κ1) is 18.4. The van der Waals surface area contributed by atoms with Crippen LogP contribution in [0.15, 0.2) is 55.0 Å². The second-order valence-corrected chi connectivity index (χ2v) is 6.18. The molecule has 7 heteroatoms. The molecular weight excluding hydrogens is 347 g/mol. The standard InChI is InChI=1S/C20H21FN4O2/c1-13-11-25(12-22-13)18-9-8-17(10-19(18)27-3)24-20(26)23-14(2)15-4-6-16(21)7-5-15/h4-12,14H,1-3H3,(H2,23,24,26). The van der Waals surface area contributed by atoms with Crippen molar-refractivity contribution >= 4 is 11.7 Å². The molecule has 1 unspecified atom stereocenters. The number of rotatable bonds is 5. The van der Waals surface area contributed by atoms with Gasteiger partial charge in [0.15, 0.2) is 0 Å². The van der Waals surface area contributed by atoms with E-state index >= 15 is 0 Å². The van der Waals surface area contributed by atoms with Crippen molar-refractivity contribution in [3.63, 3.8) is 0 Å². The SMILES string of the molecule is COc1cc(NC(=O)NC(C)c2ccc(F)cc2)ccc1-n1cnc(C)c1. The fourth-order valence-corrected chi connectivity index (χ4v) is 2.72. The molecular formula is C20H21FN4O2. The van der Waals surface area contributed by atoms with Gasteiger partial charge >= 0.3 is 6.03 Å². The maximum absolute atomic E-state index is 13.0. The van der Waals surface area contributed by atoms with Gasteiger partial charge in [-0.25, -0.2) is 14.2 Å². The molecule has 3 aromatic rings. The predicted molar refractivity (Wildman–Crippen MR) is 102 cm³/mol. The van der Waals surface area contributed by atoms with Crippen LogP contribution in [0.3, 0.4) is 0 Å². The molecule has 0 aliphatic heterocycles. The Kier molecular flexibility index (Phi) is 5.40. The monoisotopic (exact) mass is 368 g/mol. The summed E-state index contributed by atoms with van der Waals surface area (Å²) in [4.78, 5) is 16.5. The van der Waals surface area contributed by atoms with Crippen LogP contribution < -0.4 is 15.4 Å². The summed E-state index contributed by atoms with van der Waals surface area (Å²) in [5.74, 6) is 0.299. The van der Waals surface area contributed by atoms with Crippen LogP contribution in [0.5, 0.6) is 5.75 Å². The van der Waals surface area contributed by atoms with E-state index in [2.05, 4.69) is 15.6 Å². The molecule has 2 amide bonds. The Balaban J connectivity index is 1.69. The number of nitrogens with zero attached hydrogens (tertiary/aromatic N) is 2. The van der Waals surface area contributed by atoms with Crippen molar-refractivity contribution in [3.8, 4) is 11.4 Å². The molecule has 2 aromatic carbocycles. The molecule has 1 atom stereocenters. The Morgan fingerprint density at radius 1 is 1.22 bits per heavy atom. The van der Waals surface area contributed by atoms with E-state index in [0.717, 1.165) is 16.9 Å². The van der Waals surface area contributed by atoms with Crippen LogP contribution in [0.25, 0.3) is 5.69 Å². The molecule has 0 bridgehead atoms. The normalized spacial score (nSPS) is 11.7. The molecule has 27 heavy (non-hydrogen) atoms. The first-order valence-corrected chi connectivity index (χ1v) is 8.48. The number of imidazole rings is 1. The van der Waals surface area contributed by atoms with Crippen molar-refractivity contribution < 1.29 is 13.9 Å². The van der Waals surface area contributed by atoms with Crippen molar-refractivity contribution in [2.45, 2.75) is 19.9 Å². The van der Waals surface area contributed by atoms with Crippen LogP contribution in [0.2, 0.25) is 0 Å². The number of aryl methyl sites for hydroxylation is 1. The first-order chi connectivity index (χ1) is 13.0. The van der Waals surface area contributed by atoms with E-state index in [1.165, 1.54) is 12.1 Å². The van der Waals surface area contributed by atoms with Crippen LogP contribution in [-0.2, 0) is 0 Å². The molecule has 140 valence electrons. The number of carbonyl (C=O) groups is 1. The third-order valence-electron chi connectivity index (χ3n) is 4.15. The van der Waals surface area contributed by atoms with Crippen molar-refractivity contribution in [1.29, 1.82) is 0 Å². The average Bonchev–Trinajstić information content (AvgIpc) is 3.08. The third kappa shape index (κ3) is 4.44. The number of aromatic nitrogens is 2. The third-order valence-corrected chi connectivity index (χ3v) is 4.15. The van der Waals surface area contributed by atoms with Crippen LogP contribution in [0.4, 0.5) is 14.9 Å². The average molecular weight is 368 g/mol. The van der Waals surface area contributed by atoms with Crippen molar-refractivity contribution in [1.82, 2.24) is 14.9 Å². The largest absolute Gasteiger partial charge is 0.494 e. The van der Waals surface area contributed by atoms with Gasteiger partial charge in [-0.05, 0) is 43.7 Å². The van der Waals surface area contributed by atoms with Gasteiger partial charge in [-0.2, -0.15) is 0 Å². The van der Waals surface area contributed by atoms with E-state index < -0.39 is 0 Å². The fraction of sp³-hybridized carbons (Fsp3) is 0.200. The van der Waals surface area contributed by atoms with E-state index in [9.17, 15) is 9.18 Å². The predicted octanol–water partition coefficient (Wildman–Crippen LogP) is 4.21. The second-order valence-electron chi connectivity index (χ2n) is 6.18. The van der Waals surface area contributed by atoms with Crippen molar-refractivity contribution in [3.05, 3.63) is 72.1 Å². The van der Waals surface area contributed by atoms with Crippen molar-refractivity contribution in [2.75, 3.05) is 12.4 Å². The highest BCUT2D eigenvalue weighted by atomic mass is 19.1. The zero-order valence-corrected chi connectivity index (χ0v) is 15.4. The number of carbonyl (C=O) groups excluding carboxylic acids is 1. The highest BCUT2D eigenvalue weighted by Crippen LogP contribution is 2.27. The molecule has 0 spiro atoms. The van der Waals surface area contributed by atoms with Gasteiger partial charge in [-0.1, -0.05) is 12.1 Å². The molecule has 0 radical (unpaired) electrons. The number of ether oxygens (including phenoxy) is 1. The smallest absolute Gasteiger partial charge is 0.319 e. The molecule has 0 saturated carbocycles. The van der Waals surface area contributed by atoms with Crippen LogP contribution >= 0.6 is 0 Å². The van der Waals surface area contributed by atoms with Crippen molar-refractivity contribution in [2.24, 2.45) is 0 Å². The molecule has 2 N–H and O–H groups in total. The number of urea groups is 1. The summed E-state index contributed by atoms with van der Waals surface area (Å²) in [6.45, 7) is 3.74. The lowest BCUT2D eigenvalue weighted by molar-refractivity contribution is 0.249. The summed E-state index contributed by atoms with van der Waals surface area (Å²) in [6, 6.07) is 10.8. The second kappa shape index (κ2) is 7.90. The molecule has 0 saturated heterocycles. The highest BCUT2D eigenvalue weighted by molar-refractivity contribution is 5.90. The molecule has 1 heterocycles. The highest BCUT2D eigenvalue weighted by Gasteiger charge is 2.12. The lowest BCUT2D eigenvalue weighted by Crippen LogP contribution is -2.31. The van der Waals surface area contributed by atoms with Gasteiger partial charge in [0.2, 0.25) is 0 Å². The maximum Gasteiger partial charge on any atom is 0.319 e. The lowest BCUT2D eigenvalue weighted by atomic mass is 10.1. The van der Waals surface area contributed by atoms with Crippen LogP contribution in [0.1, 0.15) is 24.2 Å². The Hall–Kier alpha value is -3.35. The van der Waals surface area contributed by atoms with Gasteiger partial charge in [-0.15, -0.1) is 0 Å². The number of nitrogens with one attached hydrogen (secondary N) is 2. The summed E-state index contributed by atoms with van der Waals surface area (Å²) >= 11 is 0. The Labute approximate surface area is 157 Å². The summed E-state index contributed by atoms with van der Waals surface area (Å²) in [7, 11) is 1.57. The molecule has 0 fully saturated rings. The number of benzene rings is 2. The summed E-state index contributed by atoms with van der Waals surface area (Å²) < 4.78 is 20.3. The number of anilines is 1. The first-order valence-electron chi connectivity index (χ1n) is 8.48. The van der Waals surface area contributed by atoms with Gasteiger partial charge < -0.3 is 19.9 Å². The fourth-order valence-electron chi connectivity index (χ4n) is 2.72. The van der Waals surface area contributed by atoms with Gasteiger partial charge in [0, 0.05) is 18.0 Å². The van der Waals surface area contributed by atoms with E-state index in [0.29, 0.717) is 11.4 Å². The topological polar surface area (TPSA) is 68.2 Å². The molecule has 3 rings (SSSR count). The van der Waals surface area contributed by atoms with Crippen LogP contribution in [-0.4, -0.2) is 22.7 Å². The summed E-state index contributed by atoms with van der Waals surface area (Å²) in [5, 5.41) is 5.61. The minimum absolute atomic E-state index is 0.263. The Morgan fingerprint density at radius 3 is 2.59 bits per heavy atom. The van der Waals surface area contributed by atoms with Gasteiger partial charge in [0.1, 0.15) is 11.6 Å². The maximum atomic E-state index is 13.0. The number of amides is 2. The number of halogens is 1.